The molecule has 0 saturated carbocycles. The summed E-state index contributed by atoms with van der Waals surface area (Å²) in [6.07, 6.45) is 0.640. The van der Waals surface area contributed by atoms with Crippen LogP contribution in [0.3, 0.4) is 0 Å². The van der Waals surface area contributed by atoms with E-state index in [1.54, 1.807) is 19.9 Å². The summed E-state index contributed by atoms with van der Waals surface area (Å²) in [5.41, 5.74) is -0.416. The molecule has 0 radical (unpaired) electrons. The topological polar surface area (TPSA) is 35.5 Å². The molecule has 5 heteroatoms. The lowest BCUT2D eigenvalue weighted by molar-refractivity contribution is 0.0435. The van der Waals surface area contributed by atoms with Crippen LogP contribution in [0.4, 0.5) is 8.78 Å². The van der Waals surface area contributed by atoms with Crippen LogP contribution in [0.1, 0.15) is 38.8 Å². The van der Waals surface area contributed by atoms with Crippen LogP contribution in [0.25, 0.3) is 0 Å². The third kappa shape index (κ3) is 6.08. The Morgan fingerprint density at radius 1 is 1.33 bits per heavy atom. The van der Waals surface area contributed by atoms with Crippen LogP contribution in [0.5, 0.6) is 0 Å². The molecule has 0 aliphatic rings. The lowest BCUT2D eigenvalue weighted by atomic mass is 10.0. The predicted molar refractivity (Wildman–Crippen MR) is 81.2 cm³/mol. The van der Waals surface area contributed by atoms with Crippen LogP contribution >= 0.6 is 0 Å². The van der Waals surface area contributed by atoms with Gasteiger partial charge in [0.05, 0.1) is 5.60 Å². The Morgan fingerprint density at radius 3 is 2.57 bits per heavy atom. The summed E-state index contributed by atoms with van der Waals surface area (Å²) in [7, 11) is 1.91. The first-order valence-electron chi connectivity index (χ1n) is 7.33. The van der Waals surface area contributed by atoms with E-state index in [0.717, 1.165) is 6.07 Å². The van der Waals surface area contributed by atoms with Gasteiger partial charge in [0.2, 0.25) is 0 Å². The van der Waals surface area contributed by atoms with E-state index in [-0.39, 0.29) is 6.04 Å². The number of likely N-dealkylation sites (N-methyl/N-ethyl adjacent to an activating group) is 1. The minimum absolute atomic E-state index is 0.241. The van der Waals surface area contributed by atoms with Gasteiger partial charge >= 0.3 is 0 Å². The van der Waals surface area contributed by atoms with Crippen molar-refractivity contribution in [1.82, 2.24) is 10.2 Å². The monoisotopic (exact) mass is 300 g/mol. The molecule has 1 atom stereocenters. The number of hydrogen-bond donors (Lipinski definition) is 2. The van der Waals surface area contributed by atoms with Crippen LogP contribution in [0, 0.1) is 11.6 Å². The Morgan fingerprint density at radius 2 is 2.00 bits per heavy atom. The standard InChI is InChI=1S/C16H26F2N2O/c1-5-19-14(9-10-20(4)11-16(2,3)21)12-7-6-8-13(17)15(12)18/h6-8,14,19,21H,5,9-11H2,1-4H3. The first kappa shape index (κ1) is 18.0. The molecule has 0 aliphatic heterocycles. The summed E-state index contributed by atoms with van der Waals surface area (Å²) in [5, 5.41) is 13.0. The van der Waals surface area contributed by atoms with Crippen molar-refractivity contribution in [1.29, 1.82) is 0 Å². The summed E-state index contributed by atoms with van der Waals surface area (Å²) in [5.74, 6) is -1.60. The average molecular weight is 300 g/mol. The van der Waals surface area contributed by atoms with Crippen molar-refractivity contribution in [3.63, 3.8) is 0 Å². The van der Waals surface area contributed by atoms with E-state index in [9.17, 15) is 13.9 Å². The molecule has 0 fully saturated rings. The Hall–Kier alpha value is -1.04. The van der Waals surface area contributed by atoms with Gasteiger partial charge in [0.25, 0.3) is 0 Å². The summed E-state index contributed by atoms with van der Waals surface area (Å²) in [4.78, 5) is 1.99. The quantitative estimate of drug-likeness (QED) is 0.775. The maximum Gasteiger partial charge on any atom is 0.163 e. The molecule has 0 saturated heterocycles. The van der Waals surface area contributed by atoms with Crippen molar-refractivity contribution in [2.24, 2.45) is 0 Å². The molecule has 21 heavy (non-hydrogen) atoms. The SMILES string of the molecule is CCNC(CCN(C)CC(C)(C)O)c1cccc(F)c1F. The molecule has 0 bridgehead atoms. The van der Waals surface area contributed by atoms with Gasteiger partial charge in [-0.2, -0.15) is 0 Å². The van der Waals surface area contributed by atoms with E-state index >= 15 is 0 Å². The number of hydrogen-bond acceptors (Lipinski definition) is 3. The summed E-state index contributed by atoms with van der Waals surface area (Å²) in [6.45, 7) is 7.31. The minimum atomic E-state index is -0.819. The second-order valence-corrected chi connectivity index (χ2v) is 6.09. The van der Waals surface area contributed by atoms with Crippen molar-refractivity contribution in [3.05, 3.63) is 35.4 Å². The van der Waals surface area contributed by atoms with Crippen LogP contribution in [-0.2, 0) is 0 Å². The zero-order valence-electron chi connectivity index (χ0n) is 13.3. The first-order valence-corrected chi connectivity index (χ1v) is 7.33. The molecule has 3 nitrogen and oxygen atoms in total. The zero-order valence-corrected chi connectivity index (χ0v) is 13.3. The third-order valence-corrected chi connectivity index (χ3v) is 3.26. The fraction of sp³-hybridized carbons (Fsp3) is 0.625. The lowest BCUT2D eigenvalue weighted by Crippen LogP contribution is -2.38. The molecule has 1 aromatic rings. The number of nitrogens with zero attached hydrogens (tertiary/aromatic N) is 1. The highest BCUT2D eigenvalue weighted by molar-refractivity contribution is 5.22. The average Bonchev–Trinajstić information content (AvgIpc) is 2.36. The highest BCUT2D eigenvalue weighted by Crippen LogP contribution is 2.22. The van der Waals surface area contributed by atoms with Gasteiger partial charge in [-0.15, -0.1) is 0 Å². The Bertz CT molecular complexity index is 446. The van der Waals surface area contributed by atoms with Gasteiger partial charge in [-0.25, -0.2) is 8.78 Å². The normalized spacial score (nSPS) is 13.7. The molecule has 1 unspecified atom stereocenters. The van der Waals surface area contributed by atoms with Crippen LogP contribution in [0.15, 0.2) is 18.2 Å². The number of halogens is 2. The lowest BCUT2D eigenvalue weighted by Gasteiger charge is -2.27. The van der Waals surface area contributed by atoms with E-state index in [4.69, 9.17) is 0 Å². The molecule has 1 rings (SSSR count). The van der Waals surface area contributed by atoms with Crippen LogP contribution in [0.2, 0.25) is 0 Å². The predicted octanol–water partition coefficient (Wildman–Crippen LogP) is 2.71. The maximum atomic E-state index is 13.9. The maximum absolute atomic E-state index is 13.9. The Kier molecular flexibility index (Phi) is 6.71. The third-order valence-electron chi connectivity index (χ3n) is 3.26. The zero-order chi connectivity index (χ0) is 16.0. The Labute approximate surface area is 126 Å². The molecule has 0 heterocycles. The van der Waals surface area contributed by atoms with Gasteiger partial charge in [-0.05, 0) is 46.5 Å². The van der Waals surface area contributed by atoms with Gasteiger partial charge in [0.15, 0.2) is 11.6 Å². The van der Waals surface area contributed by atoms with Gasteiger partial charge in [0.1, 0.15) is 0 Å². The summed E-state index contributed by atoms with van der Waals surface area (Å²) in [6, 6.07) is 4.03. The molecule has 0 aromatic heterocycles. The molecule has 120 valence electrons. The highest BCUT2D eigenvalue weighted by Gasteiger charge is 2.20. The van der Waals surface area contributed by atoms with Crippen molar-refractivity contribution in [3.8, 4) is 0 Å². The molecule has 0 spiro atoms. The van der Waals surface area contributed by atoms with E-state index in [1.165, 1.54) is 6.07 Å². The van der Waals surface area contributed by atoms with E-state index in [0.29, 0.717) is 31.6 Å². The molecular formula is C16H26F2N2O. The molecule has 0 amide bonds. The second-order valence-electron chi connectivity index (χ2n) is 6.09. The molecule has 1 aromatic carbocycles. The number of nitrogens with one attached hydrogen (secondary N) is 1. The van der Waals surface area contributed by atoms with E-state index < -0.39 is 17.2 Å². The number of aliphatic hydroxyl groups is 1. The minimum Gasteiger partial charge on any atom is -0.389 e. The molecule has 2 N–H and O–H groups in total. The fourth-order valence-corrected chi connectivity index (χ4v) is 2.49. The summed E-state index contributed by atoms with van der Waals surface area (Å²) >= 11 is 0. The van der Waals surface area contributed by atoms with Crippen molar-refractivity contribution >= 4 is 0 Å². The van der Waals surface area contributed by atoms with Crippen LogP contribution < -0.4 is 5.32 Å². The Balaban J connectivity index is 2.72. The van der Waals surface area contributed by atoms with E-state index in [1.807, 2.05) is 18.9 Å². The largest absolute Gasteiger partial charge is 0.389 e. The van der Waals surface area contributed by atoms with Crippen molar-refractivity contribution in [2.75, 3.05) is 26.7 Å². The van der Waals surface area contributed by atoms with Crippen LogP contribution in [-0.4, -0.2) is 42.3 Å². The van der Waals surface area contributed by atoms with Gasteiger partial charge in [0, 0.05) is 18.2 Å². The van der Waals surface area contributed by atoms with Crippen molar-refractivity contribution < 1.29 is 13.9 Å². The smallest absolute Gasteiger partial charge is 0.163 e. The number of rotatable bonds is 8. The molecular weight excluding hydrogens is 274 g/mol. The van der Waals surface area contributed by atoms with E-state index in [2.05, 4.69) is 5.32 Å². The highest BCUT2D eigenvalue weighted by atomic mass is 19.2. The number of benzene rings is 1. The second kappa shape index (κ2) is 7.82. The first-order chi connectivity index (χ1) is 9.74. The van der Waals surface area contributed by atoms with Crippen molar-refractivity contribution in [2.45, 2.75) is 38.8 Å². The molecule has 0 aliphatic carbocycles. The van der Waals surface area contributed by atoms with Gasteiger partial charge < -0.3 is 15.3 Å². The summed E-state index contributed by atoms with van der Waals surface area (Å²) < 4.78 is 27.3. The fourth-order valence-electron chi connectivity index (χ4n) is 2.49. The van der Waals surface area contributed by atoms with Gasteiger partial charge in [-0.3, -0.25) is 0 Å². The van der Waals surface area contributed by atoms with Gasteiger partial charge in [-0.1, -0.05) is 19.1 Å².